The Morgan fingerprint density at radius 1 is 1.00 bits per heavy atom. The minimum absolute atomic E-state index is 0.00365. The second-order valence-electron chi connectivity index (χ2n) is 3.90. The van der Waals surface area contributed by atoms with E-state index in [1.54, 1.807) is 0 Å². The Hall–Kier alpha value is -1.000. The summed E-state index contributed by atoms with van der Waals surface area (Å²) in [6.45, 7) is 0. The lowest BCUT2D eigenvalue weighted by molar-refractivity contribution is 0.103. The highest BCUT2D eigenvalue weighted by atomic mass is 35.5. The summed E-state index contributed by atoms with van der Waals surface area (Å²) in [5.74, 6) is -1.23. The highest BCUT2D eigenvalue weighted by Crippen LogP contribution is 2.38. The molecule has 0 aliphatic heterocycles. The van der Waals surface area contributed by atoms with E-state index in [2.05, 4.69) is 0 Å². The fourth-order valence-corrected chi connectivity index (χ4v) is 2.72. The van der Waals surface area contributed by atoms with Gasteiger partial charge in [-0.1, -0.05) is 46.4 Å². The molecule has 0 aromatic heterocycles. The molecule has 2 aromatic rings. The topological polar surface area (TPSA) is 43.1 Å². The molecule has 2 nitrogen and oxygen atoms in total. The van der Waals surface area contributed by atoms with E-state index in [0.717, 1.165) is 12.1 Å². The molecule has 104 valence electrons. The van der Waals surface area contributed by atoms with Gasteiger partial charge in [-0.25, -0.2) is 4.39 Å². The third-order valence-electron chi connectivity index (χ3n) is 2.60. The zero-order valence-electron chi connectivity index (χ0n) is 9.68. The number of carbonyl (C=O) groups is 1. The Kier molecular flexibility index (Phi) is 4.45. The van der Waals surface area contributed by atoms with Crippen LogP contribution in [0.5, 0.6) is 0 Å². The van der Waals surface area contributed by atoms with Crippen molar-refractivity contribution in [3.63, 3.8) is 0 Å². The summed E-state index contributed by atoms with van der Waals surface area (Å²) in [5, 5.41) is 0.0253. The van der Waals surface area contributed by atoms with Crippen molar-refractivity contribution in [3.8, 4) is 0 Å². The van der Waals surface area contributed by atoms with Crippen LogP contribution in [-0.4, -0.2) is 5.78 Å². The smallest absolute Gasteiger partial charge is 0.198 e. The number of hydrogen-bond donors (Lipinski definition) is 1. The minimum Gasteiger partial charge on any atom is -0.398 e. The predicted molar refractivity (Wildman–Crippen MR) is 80.7 cm³/mol. The maximum absolute atomic E-state index is 13.2. The van der Waals surface area contributed by atoms with Crippen LogP contribution in [0.4, 0.5) is 10.1 Å². The van der Waals surface area contributed by atoms with Gasteiger partial charge in [0.2, 0.25) is 0 Å². The van der Waals surface area contributed by atoms with Gasteiger partial charge in [0.25, 0.3) is 0 Å². The molecule has 0 fully saturated rings. The van der Waals surface area contributed by atoms with Crippen LogP contribution in [0.3, 0.4) is 0 Å². The Morgan fingerprint density at radius 3 is 2.30 bits per heavy atom. The van der Waals surface area contributed by atoms with E-state index in [9.17, 15) is 9.18 Å². The summed E-state index contributed by atoms with van der Waals surface area (Å²) in [6.07, 6.45) is 0. The molecule has 2 rings (SSSR count). The summed E-state index contributed by atoms with van der Waals surface area (Å²) in [6, 6.07) is 4.72. The van der Waals surface area contributed by atoms with E-state index in [4.69, 9.17) is 52.1 Å². The number of anilines is 1. The summed E-state index contributed by atoms with van der Waals surface area (Å²) < 4.78 is 13.2. The van der Waals surface area contributed by atoms with Gasteiger partial charge in [0, 0.05) is 11.3 Å². The molecule has 0 spiro atoms. The van der Waals surface area contributed by atoms with Gasteiger partial charge in [-0.15, -0.1) is 0 Å². The third kappa shape index (κ3) is 2.72. The lowest BCUT2D eigenvalue weighted by Crippen LogP contribution is -2.08. The first kappa shape index (κ1) is 15.4. The first-order valence-electron chi connectivity index (χ1n) is 5.25. The number of hydrogen-bond acceptors (Lipinski definition) is 2. The van der Waals surface area contributed by atoms with Crippen LogP contribution in [-0.2, 0) is 0 Å². The van der Waals surface area contributed by atoms with Crippen molar-refractivity contribution in [2.75, 3.05) is 5.73 Å². The van der Waals surface area contributed by atoms with E-state index in [-0.39, 0.29) is 36.9 Å². The predicted octanol–water partition coefficient (Wildman–Crippen LogP) is 5.25. The average molecular weight is 353 g/mol. The van der Waals surface area contributed by atoms with Gasteiger partial charge < -0.3 is 5.73 Å². The largest absolute Gasteiger partial charge is 0.398 e. The SMILES string of the molecule is Nc1ccc(F)cc1C(=O)c1c(Cl)cc(Cl)c(Cl)c1Cl. The maximum atomic E-state index is 13.2. The van der Waals surface area contributed by atoms with E-state index in [1.807, 2.05) is 0 Å². The molecule has 0 amide bonds. The molecular weight excluding hydrogens is 347 g/mol. The summed E-state index contributed by atoms with van der Waals surface area (Å²) in [7, 11) is 0. The van der Waals surface area contributed by atoms with E-state index in [0.29, 0.717) is 0 Å². The number of ketones is 1. The quantitative estimate of drug-likeness (QED) is 0.347. The fourth-order valence-electron chi connectivity index (χ4n) is 1.63. The Labute approximate surface area is 134 Å². The highest BCUT2D eigenvalue weighted by molar-refractivity contribution is 6.51. The number of rotatable bonds is 2. The molecule has 2 aromatic carbocycles. The van der Waals surface area contributed by atoms with E-state index in [1.165, 1.54) is 12.1 Å². The Balaban J connectivity index is 2.66. The van der Waals surface area contributed by atoms with Crippen LogP contribution in [0.15, 0.2) is 24.3 Å². The first-order valence-corrected chi connectivity index (χ1v) is 6.76. The Bertz CT molecular complexity index is 718. The molecule has 0 heterocycles. The lowest BCUT2D eigenvalue weighted by Gasteiger charge is -2.10. The molecule has 0 saturated carbocycles. The summed E-state index contributed by atoms with van der Waals surface area (Å²) in [4.78, 5) is 12.4. The maximum Gasteiger partial charge on any atom is 0.198 e. The van der Waals surface area contributed by atoms with Crippen LogP contribution in [0.25, 0.3) is 0 Å². The van der Waals surface area contributed by atoms with Gasteiger partial charge in [-0.05, 0) is 24.3 Å². The zero-order chi connectivity index (χ0) is 15.0. The highest BCUT2D eigenvalue weighted by Gasteiger charge is 2.22. The van der Waals surface area contributed by atoms with Crippen LogP contribution in [0.2, 0.25) is 20.1 Å². The fraction of sp³-hybridized carbons (Fsp3) is 0. The molecule has 0 bridgehead atoms. The molecule has 7 heteroatoms. The number of benzene rings is 2. The van der Waals surface area contributed by atoms with Crippen molar-refractivity contribution in [2.24, 2.45) is 0 Å². The van der Waals surface area contributed by atoms with Gasteiger partial charge >= 0.3 is 0 Å². The Morgan fingerprint density at radius 2 is 1.65 bits per heavy atom. The first-order chi connectivity index (χ1) is 9.32. The van der Waals surface area contributed by atoms with Gasteiger partial charge in [-0.2, -0.15) is 0 Å². The van der Waals surface area contributed by atoms with Gasteiger partial charge in [0.15, 0.2) is 5.78 Å². The second-order valence-corrected chi connectivity index (χ2v) is 5.47. The molecule has 0 unspecified atom stereocenters. The molecule has 2 N–H and O–H groups in total. The van der Waals surface area contributed by atoms with Crippen molar-refractivity contribution in [1.82, 2.24) is 0 Å². The minimum atomic E-state index is -0.629. The summed E-state index contributed by atoms with van der Waals surface area (Å²) in [5.41, 5.74) is 5.65. The van der Waals surface area contributed by atoms with Crippen LogP contribution in [0.1, 0.15) is 15.9 Å². The third-order valence-corrected chi connectivity index (χ3v) is 4.16. The number of nitrogen functional groups attached to an aromatic ring is 1. The summed E-state index contributed by atoms with van der Waals surface area (Å²) >= 11 is 23.6. The normalized spacial score (nSPS) is 10.7. The van der Waals surface area contributed by atoms with Crippen molar-refractivity contribution < 1.29 is 9.18 Å². The van der Waals surface area contributed by atoms with Gasteiger partial charge in [0.1, 0.15) is 5.82 Å². The van der Waals surface area contributed by atoms with Crippen molar-refractivity contribution in [3.05, 3.63) is 61.3 Å². The zero-order valence-corrected chi connectivity index (χ0v) is 12.7. The molecule has 0 radical (unpaired) electrons. The number of halogens is 5. The lowest BCUT2D eigenvalue weighted by atomic mass is 10.0. The number of nitrogens with two attached hydrogens (primary N) is 1. The van der Waals surface area contributed by atoms with E-state index < -0.39 is 11.6 Å². The van der Waals surface area contributed by atoms with Crippen molar-refractivity contribution in [2.45, 2.75) is 0 Å². The van der Waals surface area contributed by atoms with Crippen molar-refractivity contribution >= 4 is 57.9 Å². The molecule has 0 saturated heterocycles. The van der Waals surface area contributed by atoms with E-state index >= 15 is 0 Å². The van der Waals surface area contributed by atoms with Crippen LogP contribution < -0.4 is 5.73 Å². The van der Waals surface area contributed by atoms with Crippen LogP contribution >= 0.6 is 46.4 Å². The molecular formula is C13H6Cl4FNO. The molecule has 0 aliphatic rings. The van der Waals surface area contributed by atoms with Gasteiger partial charge in [0.05, 0.1) is 25.7 Å². The molecule has 0 atom stereocenters. The molecule has 20 heavy (non-hydrogen) atoms. The monoisotopic (exact) mass is 351 g/mol. The molecule has 0 aliphatic carbocycles. The van der Waals surface area contributed by atoms with Crippen LogP contribution in [0, 0.1) is 5.82 Å². The number of carbonyl (C=O) groups excluding carboxylic acids is 1. The van der Waals surface area contributed by atoms with Gasteiger partial charge in [-0.3, -0.25) is 4.79 Å². The second kappa shape index (κ2) is 5.78. The average Bonchev–Trinajstić information content (AvgIpc) is 2.39. The standard InChI is InChI=1S/C13H6Cl4FNO/c14-7-4-8(15)11(16)12(17)10(7)13(20)6-3-5(18)1-2-9(6)19/h1-4H,19H2. The van der Waals surface area contributed by atoms with Crippen molar-refractivity contribution in [1.29, 1.82) is 0 Å².